The molecule has 0 atom stereocenters. The van der Waals surface area contributed by atoms with Crippen molar-refractivity contribution < 1.29 is 14.3 Å². The van der Waals surface area contributed by atoms with Crippen molar-refractivity contribution in [1.29, 1.82) is 0 Å². The smallest absolute Gasteiger partial charge is 0.338 e. The molecule has 0 radical (unpaired) electrons. The summed E-state index contributed by atoms with van der Waals surface area (Å²) < 4.78 is 5.76. The van der Waals surface area contributed by atoms with E-state index in [2.05, 4.69) is 21.2 Å². The zero-order valence-corrected chi connectivity index (χ0v) is 13.0. The fourth-order valence-corrected chi connectivity index (χ4v) is 2.12. The van der Waals surface area contributed by atoms with Gasteiger partial charge in [-0.05, 0) is 47.1 Å². The lowest BCUT2D eigenvalue weighted by molar-refractivity contribution is -0.119. The predicted molar refractivity (Wildman–Crippen MR) is 84.2 cm³/mol. The minimum absolute atomic E-state index is 0.325. The first kappa shape index (κ1) is 15.3. The van der Waals surface area contributed by atoms with Crippen LogP contribution in [0.3, 0.4) is 0 Å². The summed E-state index contributed by atoms with van der Waals surface area (Å²) in [5, 5.41) is 2.67. The number of anilines is 1. The molecule has 0 heterocycles. The molecular weight excluding hydrogens is 334 g/mol. The molecule has 5 heteroatoms. The molecule has 0 spiro atoms. The standard InChI is InChI=1S/C16H14BrNO3/c1-11-5-4-6-12(9-11)16(20)21-10-15(19)18-14-8-3-2-7-13(14)17/h2-9H,10H2,1H3,(H,18,19). The van der Waals surface area contributed by atoms with E-state index < -0.39 is 5.97 Å². The third-order valence-corrected chi connectivity index (χ3v) is 3.43. The fourth-order valence-electron chi connectivity index (χ4n) is 1.74. The Kier molecular flexibility index (Phi) is 5.11. The number of aryl methyl sites for hydroxylation is 1. The number of benzene rings is 2. The number of nitrogens with one attached hydrogen (secondary N) is 1. The van der Waals surface area contributed by atoms with Gasteiger partial charge < -0.3 is 10.1 Å². The average Bonchev–Trinajstić information content (AvgIpc) is 2.47. The summed E-state index contributed by atoms with van der Waals surface area (Å²) in [7, 11) is 0. The van der Waals surface area contributed by atoms with Gasteiger partial charge in [0.15, 0.2) is 6.61 Å². The Balaban J connectivity index is 1.90. The second kappa shape index (κ2) is 7.04. The first-order valence-corrected chi connectivity index (χ1v) is 7.14. The average molecular weight is 348 g/mol. The van der Waals surface area contributed by atoms with Gasteiger partial charge in [0.2, 0.25) is 0 Å². The number of hydrogen-bond acceptors (Lipinski definition) is 3. The molecule has 0 bridgehead atoms. The molecule has 1 amide bonds. The number of carbonyl (C=O) groups is 2. The van der Waals surface area contributed by atoms with Crippen LogP contribution >= 0.6 is 15.9 Å². The highest BCUT2D eigenvalue weighted by atomic mass is 79.9. The molecule has 4 nitrogen and oxygen atoms in total. The Morgan fingerprint density at radius 1 is 1.14 bits per heavy atom. The topological polar surface area (TPSA) is 55.4 Å². The second-order valence-electron chi connectivity index (χ2n) is 4.47. The molecular formula is C16H14BrNO3. The largest absolute Gasteiger partial charge is 0.452 e. The normalized spacial score (nSPS) is 10.0. The number of para-hydroxylation sites is 1. The molecule has 2 aromatic rings. The molecule has 0 saturated carbocycles. The maximum Gasteiger partial charge on any atom is 0.338 e. The number of esters is 1. The molecule has 0 aliphatic carbocycles. The van der Waals surface area contributed by atoms with Crippen molar-refractivity contribution in [2.45, 2.75) is 6.92 Å². The van der Waals surface area contributed by atoms with Crippen molar-refractivity contribution >= 4 is 33.5 Å². The third-order valence-electron chi connectivity index (χ3n) is 2.74. The monoisotopic (exact) mass is 347 g/mol. The predicted octanol–water partition coefficient (Wildman–Crippen LogP) is 3.55. The molecule has 21 heavy (non-hydrogen) atoms. The molecule has 108 valence electrons. The summed E-state index contributed by atoms with van der Waals surface area (Å²) in [6.07, 6.45) is 0. The van der Waals surface area contributed by atoms with Crippen molar-refractivity contribution in [3.8, 4) is 0 Å². The lowest BCUT2D eigenvalue weighted by Crippen LogP contribution is -2.21. The first-order chi connectivity index (χ1) is 10.1. The molecule has 0 fully saturated rings. The zero-order valence-electron chi connectivity index (χ0n) is 11.4. The molecule has 2 aromatic carbocycles. The van der Waals surface area contributed by atoms with Crippen molar-refractivity contribution in [1.82, 2.24) is 0 Å². The van der Waals surface area contributed by atoms with E-state index in [1.165, 1.54) is 0 Å². The Labute approximate surface area is 131 Å². The summed E-state index contributed by atoms with van der Waals surface area (Å²) in [6, 6.07) is 14.2. The highest BCUT2D eigenvalue weighted by molar-refractivity contribution is 9.10. The van der Waals surface area contributed by atoms with Crippen LogP contribution in [0.1, 0.15) is 15.9 Å². The number of rotatable bonds is 4. The van der Waals surface area contributed by atoms with Gasteiger partial charge in [0.05, 0.1) is 11.3 Å². The van der Waals surface area contributed by atoms with Crippen LogP contribution in [-0.4, -0.2) is 18.5 Å². The summed E-state index contributed by atoms with van der Waals surface area (Å²) in [5.41, 5.74) is 2.03. The maximum atomic E-state index is 11.8. The lowest BCUT2D eigenvalue weighted by atomic mass is 10.1. The number of hydrogen-bond donors (Lipinski definition) is 1. The van der Waals surface area contributed by atoms with Crippen LogP contribution in [0, 0.1) is 6.92 Å². The zero-order chi connectivity index (χ0) is 15.2. The quantitative estimate of drug-likeness (QED) is 0.860. The van der Waals surface area contributed by atoms with E-state index in [-0.39, 0.29) is 12.5 Å². The summed E-state index contributed by atoms with van der Waals surface area (Å²) >= 11 is 3.33. The van der Waals surface area contributed by atoms with Crippen LogP contribution in [-0.2, 0) is 9.53 Å². The number of amides is 1. The van der Waals surface area contributed by atoms with E-state index in [0.717, 1.165) is 10.0 Å². The van der Waals surface area contributed by atoms with Crippen LogP contribution in [0.25, 0.3) is 0 Å². The highest BCUT2D eigenvalue weighted by Crippen LogP contribution is 2.20. The van der Waals surface area contributed by atoms with Gasteiger partial charge in [-0.2, -0.15) is 0 Å². The lowest BCUT2D eigenvalue weighted by Gasteiger charge is -2.08. The molecule has 0 unspecified atom stereocenters. The van der Waals surface area contributed by atoms with Crippen molar-refractivity contribution in [3.63, 3.8) is 0 Å². The Morgan fingerprint density at radius 2 is 1.90 bits per heavy atom. The molecule has 0 saturated heterocycles. The molecule has 0 aromatic heterocycles. The van der Waals surface area contributed by atoms with E-state index in [1.54, 1.807) is 30.3 Å². The summed E-state index contributed by atoms with van der Waals surface area (Å²) in [6.45, 7) is 1.56. The minimum atomic E-state index is -0.513. The van der Waals surface area contributed by atoms with Gasteiger partial charge in [0, 0.05) is 4.47 Å². The third kappa shape index (κ3) is 4.43. The summed E-state index contributed by atoms with van der Waals surface area (Å²) in [5.74, 6) is -0.899. The SMILES string of the molecule is Cc1cccc(C(=O)OCC(=O)Nc2ccccc2Br)c1. The van der Waals surface area contributed by atoms with Crippen molar-refractivity contribution in [2.75, 3.05) is 11.9 Å². The van der Waals surface area contributed by atoms with E-state index in [1.807, 2.05) is 25.1 Å². The van der Waals surface area contributed by atoms with E-state index in [0.29, 0.717) is 11.3 Å². The molecule has 2 rings (SSSR count). The van der Waals surface area contributed by atoms with Crippen molar-refractivity contribution in [2.24, 2.45) is 0 Å². The second-order valence-corrected chi connectivity index (χ2v) is 5.33. The molecule has 0 aliphatic rings. The number of carbonyl (C=O) groups excluding carboxylic acids is 2. The van der Waals surface area contributed by atoms with Crippen LogP contribution < -0.4 is 5.32 Å². The highest BCUT2D eigenvalue weighted by Gasteiger charge is 2.11. The van der Waals surface area contributed by atoms with Crippen molar-refractivity contribution in [3.05, 3.63) is 64.1 Å². The van der Waals surface area contributed by atoms with Gasteiger partial charge >= 0.3 is 5.97 Å². The minimum Gasteiger partial charge on any atom is -0.452 e. The van der Waals surface area contributed by atoms with Crippen LogP contribution in [0.15, 0.2) is 53.0 Å². The van der Waals surface area contributed by atoms with Crippen LogP contribution in [0.4, 0.5) is 5.69 Å². The van der Waals surface area contributed by atoms with E-state index in [9.17, 15) is 9.59 Å². The van der Waals surface area contributed by atoms with Crippen LogP contribution in [0.2, 0.25) is 0 Å². The Hall–Kier alpha value is -2.14. The van der Waals surface area contributed by atoms with Gasteiger partial charge in [-0.15, -0.1) is 0 Å². The molecule has 1 N–H and O–H groups in total. The van der Waals surface area contributed by atoms with Gasteiger partial charge in [0.1, 0.15) is 0 Å². The first-order valence-electron chi connectivity index (χ1n) is 6.34. The van der Waals surface area contributed by atoms with Gasteiger partial charge in [-0.3, -0.25) is 4.79 Å². The van der Waals surface area contributed by atoms with E-state index >= 15 is 0 Å². The Bertz CT molecular complexity index is 670. The molecule has 0 aliphatic heterocycles. The van der Waals surface area contributed by atoms with Gasteiger partial charge in [0.25, 0.3) is 5.91 Å². The number of ether oxygens (including phenoxy) is 1. The maximum absolute atomic E-state index is 11.8. The van der Waals surface area contributed by atoms with Gasteiger partial charge in [-0.25, -0.2) is 4.79 Å². The van der Waals surface area contributed by atoms with Crippen LogP contribution in [0.5, 0.6) is 0 Å². The summed E-state index contributed by atoms with van der Waals surface area (Å²) in [4.78, 5) is 23.6. The fraction of sp³-hybridized carbons (Fsp3) is 0.125. The van der Waals surface area contributed by atoms with Gasteiger partial charge in [-0.1, -0.05) is 29.8 Å². The Morgan fingerprint density at radius 3 is 2.62 bits per heavy atom. The number of halogens is 1. The van der Waals surface area contributed by atoms with E-state index in [4.69, 9.17) is 4.74 Å².